The van der Waals surface area contributed by atoms with Crippen LogP contribution in [0.3, 0.4) is 0 Å². The Bertz CT molecular complexity index is 700. The quantitative estimate of drug-likeness (QED) is 0.452. The molecule has 0 aromatic carbocycles. The molecule has 0 aromatic heterocycles. The number of β-lactam (4-membered cyclic amide) rings is 1. The van der Waals surface area contributed by atoms with E-state index in [2.05, 4.69) is 5.32 Å². The number of hydrogen-bond acceptors (Lipinski definition) is 5. The van der Waals surface area contributed by atoms with Gasteiger partial charge in [-0.25, -0.2) is 4.79 Å². The molecule has 0 saturated carbocycles. The number of nitrogens with two attached hydrogens (primary N) is 1. The molecule has 2 aliphatic heterocycles. The highest BCUT2D eigenvalue weighted by atomic mass is 32.2. The third-order valence-corrected chi connectivity index (χ3v) is 5.80. The summed E-state index contributed by atoms with van der Waals surface area (Å²) in [7, 11) is 0. The molecule has 1 saturated heterocycles. The second-order valence-electron chi connectivity index (χ2n) is 6.00. The van der Waals surface area contributed by atoms with E-state index in [0.717, 1.165) is 12.0 Å². The fourth-order valence-electron chi connectivity index (χ4n) is 3.06. The van der Waals surface area contributed by atoms with Crippen molar-refractivity contribution in [2.45, 2.75) is 37.2 Å². The van der Waals surface area contributed by atoms with Crippen LogP contribution in [-0.4, -0.2) is 56.5 Å². The Morgan fingerprint density at radius 3 is 2.76 bits per heavy atom. The number of fused-ring (bicyclic) bond motifs is 1. The molecule has 3 aliphatic rings. The predicted molar refractivity (Wildman–Crippen MR) is 93.4 cm³/mol. The first-order valence-electron chi connectivity index (χ1n) is 7.69. The second kappa shape index (κ2) is 7.42. The third kappa shape index (κ3) is 3.35. The van der Waals surface area contributed by atoms with E-state index >= 15 is 0 Å². The lowest BCUT2D eigenvalue weighted by Gasteiger charge is -2.49. The Morgan fingerprint density at radius 2 is 2.16 bits per heavy atom. The van der Waals surface area contributed by atoms with Gasteiger partial charge < -0.3 is 21.6 Å². The largest absolute Gasteiger partial charge is 0.477 e. The molecule has 1 fully saturated rings. The summed E-state index contributed by atoms with van der Waals surface area (Å²) < 4.78 is 0. The number of carbonyl (C=O) groups is 3. The highest BCUT2D eigenvalue weighted by Crippen LogP contribution is 2.40. The zero-order chi connectivity index (χ0) is 17.4. The summed E-state index contributed by atoms with van der Waals surface area (Å²) >= 11 is 1.45. The topological polar surface area (TPSA) is 144 Å². The highest BCUT2D eigenvalue weighted by Gasteiger charge is 2.53. The molecule has 8 nitrogen and oxygen atoms in total. The minimum absolute atomic E-state index is 0. The molecule has 0 aromatic rings. The van der Waals surface area contributed by atoms with Crippen LogP contribution in [0.1, 0.15) is 19.8 Å². The van der Waals surface area contributed by atoms with Gasteiger partial charge in [0.15, 0.2) is 0 Å². The molecule has 1 aliphatic carbocycles. The number of hydrogen-bond donors (Lipinski definition) is 3. The number of carbonyl (C=O) groups excluding carboxylic acids is 2. The highest BCUT2D eigenvalue weighted by molar-refractivity contribution is 8.00. The van der Waals surface area contributed by atoms with Gasteiger partial charge in [-0.05, 0) is 30.9 Å². The maximum atomic E-state index is 12.3. The van der Waals surface area contributed by atoms with Crippen molar-refractivity contribution in [1.82, 2.24) is 10.2 Å². The number of nitrogens with zero attached hydrogens (tertiary/aromatic N) is 1. The summed E-state index contributed by atoms with van der Waals surface area (Å²) in [6.45, 7) is 1.70. The van der Waals surface area contributed by atoms with Gasteiger partial charge in [0, 0.05) is 5.75 Å². The molecular formula is C16H21N3O5S. The Hall–Kier alpha value is -2.10. The van der Waals surface area contributed by atoms with Crippen molar-refractivity contribution in [2.24, 2.45) is 5.73 Å². The monoisotopic (exact) mass is 367 g/mol. The molecule has 9 heteroatoms. The molecule has 3 rings (SSSR count). The Morgan fingerprint density at radius 1 is 1.44 bits per heavy atom. The zero-order valence-corrected chi connectivity index (χ0v) is 14.5. The van der Waals surface area contributed by atoms with Crippen LogP contribution >= 0.6 is 11.8 Å². The van der Waals surface area contributed by atoms with Gasteiger partial charge in [0.05, 0.1) is 0 Å². The molecule has 25 heavy (non-hydrogen) atoms. The molecule has 3 atom stereocenters. The molecule has 6 N–H and O–H groups in total. The normalized spacial score (nSPS) is 26.1. The number of nitrogens with one attached hydrogen (secondary N) is 1. The van der Waals surface area contributed by atoms with Gasteiger partial charge in [-0.1, -0.05) is 18.2 Å². The van der Waals surface area contributed by atoms with Crippen molar-refractivity contribution in [1.29, 1.82) is 0 Å². The van der Waals surface area contributed by atoms with Crippen LogP contribution in [0.5, 0.6) is 0 Å². The van der Waals surface area contributed by atoms with Crippen molar-refractivity contribution in [3.63, 3.8) is 0 Å². The van der Waals surface area contributed by atoms with Crippen molar-refractivity contribution < 1.29 is 25.0 Å². The van der Waals surface area contributed by atoms with Gasteiger partial charge in [-0.3, -0.25) is 14.5 Å². The fraction of sp³-hybridized carbons (Fsp3) is 0.438. The van der Waals surface area contributed by atoms with E-state index in [1.807, 2.05) is 18.2 Å². The van der Waals surface area contributed by atoms with E-state index in [9.17, 15) is 19.5 Å². The van der Waals surface area contributed by atoms with Gasteiger partial charge in [0.25, 0.3) is 5.91 Å². The third-order valence-electron chi connectivity index (χ3n) is 4.38. The van der Waals surface area contributed by atoms with E-state index in [-0.39, 0.29) is 16.5 Å². The molecule has 0 unspecified atom stereocenters. The molecule has 2 heterocycles. The van der Waals surface area contributed by atoms with Crippen molar-refractivity contribution >= 4 is 29.5 Å². The van der Waals surface area contributed by atoms with Crippen LogP contribution < -0.4 is 11.1 Å². The SMILES string of the molecule is CC1=C(C(=O)O)N2C(=O)[C@@H](NC(=O)[C@H](N)C3=CCC=CC3)[C@H]2SC1.O. The lowest BCUT2D eigenvalue weighted by molar-refractivity contribution is -0.150. The molecule has 2 amide bonds. The van der Waals surface area contributed by atoms with Gasteiger partial charge in [0.1, 0.15) is 23.2 Å². The van der Waals surface area contributed by atoms with Gasteiger partial charge in [0.2, 0.25) is 5.91 Å². The fourth-order valence-corrected chi connectivity index (χ4v) is 4.35. The standard InChI is InChI=1S/C16H19N3O4S.H2O/c1-8-7-24-15-11(14(21)19(15)12(8)16(22)23)18-13(20)10(17)9-5-3-2-4-6-9;/h2-3,6,10-11,15H,4-5,7,17H2,1H3,(H,18,20)(H,22,23);1H2/t10-,11-,15-;/m1./s1. The summed E-state index contributed by atoms with van der Waals surface area (Å²) in [4.78, 5) is 37.3. The zero-order valence-electron chi connectivity index (χ0n) is 13.7. The van der Waals surface area contributed by atoms with Crippen molar-refractivity contribution in [3.05, 3.63) is 35.1 Å². The minimum atomic E-state index is -1.12. The number of carboxylic acids is 1. The molecule has 136 valence electrons. The Labute approximate surface area is 149 Å². The number of allylic oxidation sites excluding steroid dienone is 3. The molecule has 0 spiro atoms. The minimum Gasteiger partial charge on any atom is -0.477 e. The number of carboxylic acid groups (broad SMARTS) is 1. The van der Waals surface area contributed by atoms with E-state index in [1.54, 1.807) is 6.92 Å². The first-order chi connectivity index (χ1) is 11.4. The summed E-state index contributed by atoms with van der Waals surface area (Å²) in [6, 6.07) is -1.52. The number of thioether (sulfide) groups is 1. The predicted octanol–water partition coefficient (Wildman–Crippen LogP) is -0.476. The van der Waals surface area contributed by atoms with Crippen LogP contribution in [0, 0.1) is 0 Å². The lowest BCUT2D eigenvalue weighted by Crippen LogP contribution is -2.71. The smallest absolute Gasteiger partial charge is 0.352 e. The van der Waals surface area contributed by atoms with Gasteiger partial charge in [-0.2, -0.15) is 0 Å². The van der Waals surface area contributed by atoms with Gasteiger partial charge in [-0.15, -0.1) is 11.8 Å². The van der Waals surface area contributed by atoms with Crippen molar-refractivity contribution in [2.75, 3.05) is 5.75 Å². The van der Waals surface area contributed by atoms with Crippen LogP contribution in [0.15, 0.2) is 35.1 Å². The van der Waals surface area contributed by atoms with Crippen LogP contribution in [0.25, 0.3) is 0 Å². The number of amides is 2. The van der Waals surface area contributed by atoms with Gasteiger partial charge >= 0.3 is 5.97 Å². The number of aliphatic carboxylic acids is 1. The van der Waals surface area contributed by atoms with Crippen LogP contribution in [0.2, 0.25) is 0 Å². The second-order valence-corrected chi connectivity index (χ2v) is 7.10. The molecule has 0 bridgehead atoms. The van der Waals surface area contributed by atoms with E-state index in [4.69, 9.17) is 5.73 Å². The average Bonchev–Trinajstić information content (AvgIpc) is 2.59. The summed E-state index contributed by atoms with van der Waals surface area (Å²) in [5, 5.41) is 11.6. The average molecular weight is 367 g/mol. The molecule has 0 radical (unpaired) electrons. The van der Waals surface area contributed by atoms with E-state index in [1.165, 1.54) is 16.7 Å². The van der Waals surface area contributed by atoms with Crippen LogP contribution in [0.4, 0.5) is 0 Å². The number of rotatable bonds is 4. The van der Waals surface area contributed by atoms with Crippen molar-refractivity contribution in [3.8, 4) is 0 Å². The summed E-state index contributed by atoms with van der Waals surface area (Å²) in [6.07, 6.45) is 7.26. The lowest BCUT2D eigenvalue weighted by atomic mass is 9.97. The maximum Gasteiger partial charge on any atom is 0.352 e. The maximum absolute atomic E-state index is 12.3. The van der Waals surface area contributed by atoms with E-state index < -0.39 is 29.9 Å². The van der Waals surface area contributed by atoms with E-state index in [0.29, 0.717) is 17.7 Å². The molecular weight excluding hydrogens is 346 g/mol. The van der Waals surface area contributed by atoms with Crippen LogP contribution in [-0.2, 0) is 14.4 Å². The Balaban J connectivity index is 0.00000225. The summed E-state index contributed by atoms with van der Waals surface area (Å²) in [5.41, 5.74) is 7.49. The Kier molecular flexibility index (Phi) is 5.71. The summed E-state index contributed by atoms with van der Waals surface area (Å²) in [5.74, 6) is -1.41. The first kappa shape index (κ1) is 19.2. The first-order valence-corrected chi connectivity index (χ1v) is 8.74.